The number of fused-ring (bicyclic) bond motifs is 1. The molecule has 6 nitrogen and oxygen atoms in total. The van der Waals surface area contributed by atoms with E-state index in [9.17, 15) is 5.26 Å². The summed E-state index contributed by atoms with van der Waals surface area (Å²) in [6.45, 7) is 4.49. The minimum atomic E-state index is 0.0278. The lowest BCUT2D eigenvalue weighted by atomic mass is 10.0. The van der Waals surface area contributed by atoms with Crippen molar-refractivity contribution in [2.45, 2.75) is 13.8 Å². The number of nitriles is 1. The summed E-state index contributed by atoms with van der Waals surface area (Å²) in [5.41, 5.74) is 4.14. The Morgan fingerprint density at radius 3 is 2.27 bits per heavy atom. The van der Waals surface area contributed by atoms with Crippen LogP contribution in [0, 0.1) is 34.0 Å². The van der Waals surface area contributed by atoms with Crippen LogP contribution in [-0.2, 0) is 14.1 Å². The molecule has 0 aromatic carbocycles. The molecule has 1 N–H and O–H groups in total. The summed E-state index contributed by atoms with van der Waals surface area (Å²) in [5, 5.41) is 22.0. The smallest absolute Gasteiger partial charge is 0.349 e. The highest BCUT2D eigenvalue weighted by Gasteiger charge is 2.69. The molecule has 2 unspecified atom stereocenters. The molecule has 1 saturated carbocycles. The van der Waals surface area contributed by atoms with E-state index in [1.165, 1.54) is 0 Å². The molecule has 130 valence electrons. The van der Waals surface area contributed by atoms with Crippen molar-refractivity contribution in [2.24, 2.45) is 36.4 Å². The molecule has 3 heterocycles. The third-order valence-corrected chi connectivity index (χ3v) is 5.70. The topological polar surface area (TPSA) is 72.9 Å². The quantitative estimate of drug-likeness (QED) is 0.518. The highest BCUT2D eigenvalue weighted by Crippen LogP contribution is 2.62. The van der Waals surface area contributed by atoms with Crippen molar-refractivity contribution >= 4 is 17.3 Å². The van der Waals surface area contributed by atoms with E-state index in [1.807, 2.05) is 49.3 Å². The fraction of sp³-hybridized carbons (Fsp3) is 0.350. The molecule has 0 amide bonds. The summed E-state index contributed by atoms with van der Waals surface area (Å²) in [7, 11) is 3.99. The van der Waals surface area contributed by atoms with E-state index in [2.05, 4.69) is 36.4 Å². The zero-order valence-electron chi connectivity index (χ0n) is 15.4. The van der Waals surface area contributed by atoms with Crippen molar-refractivity contribution in [1.82, 2.24) is 9.13 Å². The average Bonchev–Trinajstić information content (AvgIpc) is 2.97. The van der Waals surface area contributed by atoms with Crippen molar-refractivity contribution in [2.75, 3.05) is 0 Å². The monoisotopic (exact) mass is 345 g/mol. The maximum absolute atomic E-state index is 9.56. The number of hydrogen-bond acceptors (Lipinski definition) is 3. The van der Waals surface area contributed by atoms with Crippen molar-refractivity contribution < 1.29 is 4.68 Å². The molecule has 4 rings (SSSR count). The van der Waals surface area contributed by atoms with Crippen LogP contribution in [0.15, 0.2) is 47.5 Å². The van der Waals surface area contributed by atoms with Gasteiger partial charge in [-0.3, -0.25) is 5.41 Å². The van der Waals surface area contributed by atoms with Crippen molar-refractivity contribution in [3.63, 3.8) is 0 Å². The molecule has 2 atom stereocenters. The molecule has 0 spiro atoms. The largest absolute Gasteiger partial charge is 0.376 e. The Morgan fingerprint density at radius 1 is 1.15 bits per heavy atom. The van der Waals surface area contributed by atoms with E-state index in [0.717, 1.165) is 22.8 Å². The van der Waals surface area contributed by atoms with E-state index < -0.39 is 0 Å². The van der Waals surface area contributed by atoms with Gasteiger partial charge in [-0.15, -0.1) is 0 Å². The second-order valence-corrected chi connectivity index (χ2v) is 7.55. The maximum atomic E-state index is 9.56. The Hall–Kier alpha value is -3.16. The third kappa shape index (κ3) is 2.08. The number of nitrogens with zero attached hydrogens (tertiary/aromatic N) is 5. The van der Waals surface area contributed by atoms with Gasteiger partial charge in [-0.05, 0) is 34.4 Å². The fourth-order valence-corrected chi connectivity index (χ4v) is 4.25. The van der Waals surface area contributed by atoms with E-state index >= 15 is 0 Å². The number of rotatable bonds is 3. The van der Waals surface area contributed by atoms with Gasteiger partial charge in [0, 0.05) is 37.5 Å². The molecule has 1 fully saturated rings. The highest BCUT2D eigenvalue weighted by molar-refractivity contribution is 6.12. The molecule has 0 bridgehead atoms. The first-order chi connectivity index (χ1) is 12.4. The molecule has 2 aliphatic rings. The van der Waals surface area contributed by atoms with Gasteiger partial charge in [-0.2, -0.15) is 5.26 Å². The Kier molecular flexibility index (Phi) is 3.40. The number of nitrogens with one attached hydrogen (secondary N) is 1. The molecule has 2 aromatic rings. The van der Waals surface area contributed by atoms with Gasteiger partial charge in [0.15, 0.2) is 6.07 Å². The maximum Gasteiger partial charge on any atom is 0.376 e. The highest BCUT2D eigenvalue weighted by atomic mass is 15.4. The lowest BCUT2D eigenvalue weighted by Crippen LogP contribution is -2.29. The number of aryl methyl sites for hydroxylation is 2. The van der Waals surface area contributed by atoms with Crippen LogP contribution in [0.3, 0.4) is 0 Å². The molecule has 1 aliphatic heterocycles. The van der Waals surface area contributed by atoms with Crippen LogP contribution in [-0.4, -0.2) is 31.1 Å². The Balaban J connectivity index is 2.04. The summed E-state index contributed by atoms with van der Waals surface area (Å²) in [5.74, 6) is 2.78. The summed E-state index contributed by atoms with van der Waals surface area (Å²) >= 11 is 0. The van der Waals surface area contributed by atoms with E-state index in [0.29, 0.717) is 0 Å². The van der Waals surface area contributed by atoms with Crippen molar-refractivity contribution in [3.8, 4) is 6.07 Å². The molecule has 2 aromatic heterocycles. The summed E-state index contributed by atoms with van der Waals surface area (Å²) in [6, 6.07) is 10.2. The van der Waals surface area contributed by atoms with Gasteiger partial charge < -0.3 is 9.13 Å². The number of hydrazone groups is 1. The van der Waals surface area contributed by atoms with Gasteiger partial charge in [0.1, 0.15) is 11.4 Å². The minimum absolute atomic E-state index is 0.0278. The average molecular weight is 345 g/mol. The number of allylic oxidation sites excluding steroid dienone is 1. The van der Waals surface area contributed by atoms with Crippen LogP contribution in [0.25, 0.3) is 0 Å². The van der Waals surface area contributed by atoms with Gasteiger partial charge in [0.05, 0.1) is 17.5 Å². The molecular formula is C20H21N6+. The number of hydrogen-bond donors (Lipinski definition) is 1. The fourth-order valence-electron chi connectivity index (χ4n) is 4.25. The van der Waals surface area contributed by atoms with Crippen LogP contribution in [0.1, 0.15) is 25.2 Å². The molecule has 0 radical (unpaired) electrons. The van der Waals surface area contributed by atoms with Gasteiger partial charge in [0.2, 0.25) is 5.71 Å². The Morgan fingerprint density at radius 2 is 1.77 bits per heavy atom. The molecule has 6 heteroatoms. The second-order valence-electron chi connectivity index (χ2n) is 7.55. The van der Waals surface area contributed by atoms with Gasteiger partial charge in [-0.1, -0.05) is 13.8 Å². The normalized spacial score (nSPS) is 23.0. The molecule has 1 aliphatic carbocycles. The van der Waals surface area contributed by atoms with E-state index in [4.69, 9.17) is 10.5 Å². The van der Waals surface area contributed by atoms with Crippen LogP contribution in [0.5, 0.6) is 0 Å². The predicted molar refractivity (Wildman–Crippen MR) is 99.3 cm³/mol. The second kappa shape index (κ2) is 5.42. The van der Waals surface area contributed by atoms with Crippen LogP contribution in [0.4, 0.5) is 0 Å². The Labute approximate surface area is 152 Å². The van der Waals surface area contributed by atoms with Crippen molar-refractivity contribution in [1.29, 1.82) is 10.7 Å². The minimum Gasteiger partial charge on any atom is -0.349 e. The SMILES string of the molecule is Cn1cccc1C1=N[N+](C(=C=N)C#N)=C(c2cccn2C)C2C1C2(C)C. The summed E-state index contributed by atoms with van der Waals surface area (Å²) in [4.78, 5) is 0. The Bertz CT molecular complexity index is 1060. The van der Waals surface area contributed by atoms with Gasteiger partial charge in [-0.25, -0.2) is 0 Å². The first-order valence-corrected chi connectivity index (χ1v) is 8.60. The molecular weight excluding hydrogens is 324 g/mol. The molecule has 0 saturated heterocycles. The number of aromatic nitrogens is 2. The zero-order valence-corrected chi connectivity index (χ0v) is 15.4. The van der Waals surface area contributed by atoms with Crippen molar-refractivity contribution in [3.05, 3.63) is 53.7 Å². The molecule has 26 heavy (non-hydrogen) atoms. The lowest BCUT2D eigenvalue weighted by molar-refractivity contribution is -0.476. The van der Waals surface area contributed by atoms with E-state index in [1.54, 1.807) is 4.68 Å². The van der Waals surface area contributed by atoms with Gasteiger partial charge in [0.25, 0.3) is 0 Å². The first-order valence-electron chi connectivity index (χ1n) is 8.60. The summed E-state index contributed by atoms with van der Waals surface area (Å²) < 4.78 is 5.71. The van der Waals surface area contributed by atoms with Crippen LogP contribution in [0.2, 0.25) is 0 Å². The van der Waals surface area contributed by atoms with Crippen LogP contribution >= 0.6 is 0 Å². The van der Waals surface area contributed by atoms with Gasteiger partial charge >= 0.3 is 5.70 Å². The predicted octanol–water partition coefficient (Wildman–Crippen LogP) is 2.51. The lowest BCUT2D eigenvalue weighted by Gasteiger charge is -2.12. The summed E-state index contributed by atoms with van der Waals surface area (Å²) in [6.07, 6.45) is 3.99. The zero-order chi connectivity index (χ0) is 18.6. The van der Waals surface area contributed by atoms with Crippen LogP contribution < -0.4 is 0 Å². The van der Waals surface area contributed by atoms with E-state index in [-0.39, 0.29) is 22.9 Å². The standard InChI is InChI=1S/C20H21N6/c1-20(2)16-17(20)19(15-8-6-10-25(15)4)26(13(11-21)12-22)23-18(16)14-7-5-9-24(14)3/h5-10,16-17,21H,1-4H3/q+1. The third-order valence-electron chi connectivity index (χ3n) is 5.70. The first kappa shape index (κ1) is 16.3.